The molecule has 0 unspecified atom stereocenters. The molecule has 0 radical (unpaired) electrons. The number of fused-ring (bicyclic) bond motifs is 1. The van der Waals surface area contributed by atoms with Crippen molar-refractivity contribution in [3.05, 3.63) is 34.7 Å². The minimum Gasteiger partial charge on any atom is -0.314 e. The van der Waals surface area contributed by atoms with E-state index in [2.05, 4.69) is 40.7 Å². The lowest BCUT2D eigenvalue weighted by atomic mass is 9.92. The number of carbonyl (C=O) groups is 1. The highest BCUT2D eigenvalue weighted by Crippen LogP contribution is 2.30. The van der Waals surface area contributed by atoms with E-state index in [1.807, 2.05) is 5.38 Å². The van der Waals surface area contributed by atoms with Crippen LogP contribution in [0, 0.1) is 5.92 Å². The second kappa shape index (κ2) is 6.65. The van der Waals surface area contributed by atoms with Crippen LogP contribution in [0.15, 0.2) is 23.6 Å². The summed E-state index contributed by atoms with van der Waals surface area (Å²) in [6.07, 6.45) is 5.42. The Morgan fingerprint density at radius 3 is 3.08 bits per heavy atom. The summed E-state index contributed by atoms with van der Waals surface area (Å²) in [6.45, 7) is 3.05. The van der Waals surface area contributed by atoms with Crippen LogP contribution in [0.25, 0.3) is 11.3 Å². The summed E-state index contributed by atoms with van der Waals surface area (Å²) in [5.74, 6) is 0.201. The highest BCUT2D eigenvalue weighted by molar-refractivity contribution is 7.14. The summed E-state index contributed by atoms with van der Waals surface area (Å²) in [5.41, 5.74) is 5.05. The summed E-state index contributed by atoms with van der Waals surface area (Å²) in [4.78, 5) is 17.1. The number of carbonyl (C=O) groups excluding carboxylic acids is 1. The highest BCUT2D eigenvalue weighted by Gasteiger charge is 2.25. The van der Waals surface area contributed by atoms with Crippen molar-refractivity contribution in [3.8, 4) is 11.3 Å². The molecule has 1 saturated heterocycles. The minimum absolute atomic E-state index is 0.0913. The molecule has 2 N–H and O–H groups in total. The Bertz CT molecular complexity index is 755. The number of anilines is 1. The van der Waals surface area contributed by atoms with Crippen LogP contribution in [-0.2, 0) is 17.6 Å². The number of rotatable bonds is 3. The van der Waals surface area contributed by atoms with Crippen molar-refractivity contribution in [2.45, 2.75) is 45.1 Å². The Labute approximate surface area is 146 Å². The van der Waals surface area contributed by atoms with Crippen molar-refractivity contribution in [1.82, 2.24) is 10.3 Å². The summed E-state index contributed by atoms with van der Waals surface area (Å²) < 4.78 is 0. The molecule has 5 heteroatoms. The number of nitrogens with zero attached hydrogens (tertiary/aromatic N) is 1. The molecule has 4 rings (SSSR count). The maximum Gasteiger partial charge on any atom is 0.229 e. The predicted molar refractivity (Wildman–Crippen MR) is 98.4 cm³/mol. The van der Waals surface area contributed by atoms with Gasteiger partial charge in [-0.05, 0) is 62.8 Å². The first-order chi connectivity index (χ1) is 11.7. The number of hydrogen-bond acceptors (Lipinski definition) is 4. The fourth-order valence-electron chi connectivity index (χ4n) is 3.77. The van der Waals surface area contributed by atoms with Crippen molar-refractivity contribution in [1.29, 1.82) is 0 Å². The minimum atomic E-state index is 0.0913. The van der Waals surface area contributed by atoms with E-state index in [-0.39, 0.29) is 11.8 Å². The molecule has 2 aromatic rings. The van der Waals surface area contributed by atoms with E-state index in [9.17, 15) is 4.79 Å². The molecule has 1 amide bonds. The van der Waals surface area contributed by atoms with Crippen molar-refractivity contribution < 1.29 is 4.79 Å². The standard InChI is InChI=1S/C19H23N3OS/c1-12-9-16(7-8-20-12)18(23)22-19-21-17(11-24-19)15-6-5-13-3-2-4-14(13)10-15/h5-6,10-12,16,20H,2-4,7-9H2,1H3,(H,21,22,23)/t12-,16-/m0/s1. The second-order valence-corrected chi connectivity index (χ2v) is 7.80. The summed E-state index contributed by atoms with van der Waals surface area (Å²) in [6, 6.07) is 7.05. The van der Waals surface area contributed by atoms with Crippen LogP contribution in [0.2, 0.25) is 0 Å². The van der Waals surface area contributed by atoms with Gasteiger partial charge in [-0.2, -0.15) is 0 Å². The molecule has 1 fully saturated rings. The molecular formula is C19H23N3OS. The monoisotopic (exact) mass is 341 g/mol. The van der Waals surface area contributed by atoms with E-state index < -0.39 is 0 Å². The lowest BCUT2D eigenvalue weighted by Crippen LogP contribution is -2.40. The third-order valence-electron chi connectivity index (χ3n) is 5.12. The molecule has 1 aliphatic heterocycles. The molecule has 0 bridgehead atoms. The topological polar surface area (TPSA) is 54.0 Å². The molecule has 1 aromatic carbocycles. The van der Waals surface area contributed by atoms with Crippen LogP contribution in [-0.4, -0.2) is 23.5 Å². The van der Waals surface area contributed by atoms with Crippen LogP contribution in [0.1, 0.15) is 37.3 Å². The first-order valence-electron chi connectivity index (χ1n) is 8.81. The Kier molecular flexibility index (Phi) is 4.37. The van der Waals surface area contributed by atoms with Gasteiger partial charge in [0.25, 0.3) is 0 Å². The van der Waals surface area contributed by atoms with E-state index in [1.165, 1.54) is 41.7 Å². The quantitative estimate of drug-likeness (QED) is 0.896. The molecular weight excluding hydrogens is 318 g/mol. The number of aryl methyl sites for hydroxylation is 2. The van der Waals surface area contributed by atoms with Crippen molar-refractivity contribution in [3.63, 3.8) is 0 Å². The first-order valence-corrected chi connectivity index (χ1v) is 9.69. The van der Waals surface area contributed by atoms with Crippen LogP contribution in [0.3, 0.4) is 0 Å². The zero-order chi connectivity index (χ0) is 16.5. The van der Waals surface area contributed by atoms with Gasteiger partial charge in [-0.3, -0.25) is 4.79 Å². The number of piperidine rings is 1. The number of hydrogen-bond donors (Lipinski definition) is 2. The lowest BCUT2D eigenvalue weighted by Gasteiger charge is -2.26. The maximum absolute atomic E-state index is 12.4. The highest BCUT2D eigenvalue weighted by atomic mass is 32.1. The molecule has 2 aliphatic rings. The van der Waals surface area contributed by atoms with Crippen LogP contribution < -0.4 is 10.6 Å². The molecule has 0 saturated carbocycles. The van der Waals surface area contributed by atoms with Crippen molar-refractivity contribution in [2.24, 2.45) is 5.92 Å². The number of thiazole rings is 1. The largest absolute Gasteiger partial charge is 0.314 e. The van der Waals surface area contributed by atoms with Gasteiger partial charge in [0, 0.05) is 22.9 Å². The van der Waals surface area contributed by atoms with E-state index in [0.717, 1.165) is 30.6 Å². The Hall–Kier alpha value is -1.72. The van der Waals surface area contributed by atoms with Gasteiger partial charge in [-0.15, -0.1) is 11.3 Å². The maximum atomic E-state index is 12.4. The average molecular weight is 341 g/mol. The third-order valence-corrected chi connectivity index (χ3v) is 5.88. The van der Waals surface area contributed by atoms with Gasteiger partial charge in [0.15, 0.2) is 5.13 Å². The average Bonchev–Trinajstić information content (AvgIpc) is 3.23. The van der Waals surface area contributed by atoms with Crippen LogP contribution in [0.4, 0.5) is 5.13 Å². The summed E-state index contributed by atoms with van der Waals surface area (Å²) in [5, 5.41) is 9.15. The molecule has 126 valence electrons. The number of benzene rings is 1. The Balaban J connectivity index is 1.46. The van der Waals surface area contributed by atoms with Gasteiger partial charge in [-0.1, -0.05) is 12.1 Å². The van der Waals surface area contributed by atoms with Crippen LogP contribution >= 0.6 is 11.3 Å². The lowest BCUT2D eigenvalue weighted by molar-refractivity contribution is -0.120. The van der Waals surface area contributed by atoms with Crippen LogP contribution in [0.5, 0.6) is 0 Å². The second-order valence-electron chi connectivity index (χ2n) is 6.94. The summed E-state index contributed by atoms with van der Waals surface area (Å²) >= 11 is 1.51. The fourth-order valence-corrected chi connectivity index (χ4v) is 4.50. The van der Waals surface area contributed by atoms with E-state index in [1.54, 1.807) is 0 Å². The molecule has 0 spiro atoms. The van der Waals surface area contributed by atoms with Gasteiger partial charge >= 0.3 is 0 Å². The SMILES string of the molecule is C[C@H]1C[C@@H](C(=O)Nc2nc(-c3ccc4c(c3)CCC4)cs2)CCN1. The normalized spacial score (nSPS) is 23.0. The molecule has 1 aromatic heterocycles. The van der Waals surface area contributed by atoms with E-state index >= 15 is 0 Å². The number of aromatic nitrogens is 1. The van der Waals surface area contributed by atoms with Gasteiger partial charge in [0.2, 0.25) is 5.91 Å². The van der Waals surface area contributed by atoms with Gasteiger partial charge < -0.3 is 10.6 Å². The molecule has 4 nitrogen and oxygen atoms in total. The molecule has 1 aliphatic carbocycles. The number of amides is 1. The van der Waals surface area contributed by atoms with Gasteiger partial charge in [0.1, 0.15) is 0 Å². The van der Waals surface area contributed by atoms with Crippen molar-refractivity contribution in [2.75, 3.05) is 11.9 Å². The molecule has 2 heterocycles. The van der Waals surface area contributed by atoms with E-state index in [0.29, 0.717) is 11.2 Å². The van der Waals surface area contributed by atoms with E-state index in [4.69, 9.17) is 0 Å². The Morgan fingerprint density at radius 1 is 1.33 bits per heavy atom. The summed E-state index contributed by atoms with van der Waals surface area (Å²) in [7, 11) is 0. The fraction of sp³-hybridized carbons (Fsp3) is 0.474. The third kappa shape index (κ3) is 3.23. The van der Waals surface area contributed by atoms with Crippen molar-refractivity contribution >= 4 is 22.4 Å². The van der Waals surface area contributed by atoms with Gasteiger partial charge in [-0.25, -0.2) is 4.98 Å². The molecule has 24 heavy (non-hydrogen) atoms. The zero-order valence-corrected chi connectivity index (χ0v) is 14.8. The Morgan fingerprint density at radius 2 is 2.21 bits per heavy atom. The zero-order valence-electron chi connectivity index (χ0n) is 14.0. The number of nitrogens with one attached hydrogen (secondary N) is 2. The smallest absolute Gasteiger partial charge is 0.229 e. The molecule has 2 atom stereocenters. The van der Waals surface area contributed by atoms with Gasteiger partial charge in [0.05, 0.1) is 5.69 Å². The first kappa shape index (κ1) is 15.8. The predicted octanol–water partition coefficient (Wildman–Crippen LogP) is 3.63.